The number of Topliss-reactive ketones (excluding diaryl/α,β-unsaturated/α-hetero) is 1. The molecule has 0 radical (unpaired) electrons. The third-order valence-electron chi connectivity index (χ3n) is 2.95. The molecule has 0 spiro atoms. The first kappa shape index (κ1) is 18.6. The van der Waals surface area contributed by atoms with Gasteiger partial charge in [-0.3, -0.25) is 14.4 Å². The van der Waals surface area contributed by atoms with Gasteiger partial charge in [-0.05, 0) is 18.2 Å². The summed E-state index contributed by atoms with van der Waals surface area (Å²) >= 11 is 0. The monoisotopic (exact) mass is 336 g/mol. The van der Waals surface area contributed by atoms with E-state index in [-0.39, 0.29) is 0 Å². The summed E-state index contributed by atoms with van der Waals surface area (Å²) in [4.78, 5) is 34.9. The van der Waals surface area contributed by atoms with Crippen molar-refractivity contribution in [1.82, 2.24) is 0 Å². The fourth-order valence-corrected chi connectivity index (χ4v) is 1.77. The van der Waals surface area contributed by atoms with Crippen LogP contribution >= 0.6 is 0 Å². The Hall–Kier alpha value is -2.45. The van der Waals surface area contributed by atoms with Gasteiger partial charge in [-0.2, -0.15) is 13.2 Å². The lowest BCUT2D eigenvalue weighted by atomic mass is 9.97. The molecule has 0 bridgehead atoms. The Morgan fingerprint density at radius 2 is 1.61 bits per heavy atom. The van der Waals surface area contributed by atoms with Crippen molar-refractivity contribution in [3.8, 4) is 0 Å². The topological polar surface area (TPSA) is 69.7 Å². The fourth-order valence-electron chi connectivity index (χ4n) is 1.77. The second-order valence-corrected chi connectivity index (χ2v) is 4.42. The molecule has 0 fully saturated rings. The smallest absolute Gasteiger partial charge is 0.419 e. The molecule has 5 nitrogen and oxygen atoms in total. The lowest BCUT2D eigenvalue weighted by Crippen LogP contribution is -2.29. The van der Waals surface area contributed by atoms with E-state index < -0.39 is 53.2 Å². The average molecular weight is 336 g/mol. The van der Waals surface area contributed by atoms with Crippen LogP contribution < -0.4 is 0 Å². The summed E-state index contributed by atoms with van der Waals surface area (Å²) in [5.74, 6) is -6.24. The third kappa shape index (κ3) is 4.51. The van der Waals surface area contributed by atoms with E-state index in [4.69, 9.17) is 0 Å². The Morgan fingerprint density at radius 3 is 2.04 bits per heavy atom. The first-order valence-corrected chi connectivity index (χ1v) is 6.17. The lowest BCUT2D eigenvalue weighted by Gasteiger charge is -2.13. The van der Waals surface area contributed by atoms with Crippen molar-refractivity contribution < 1.29 is 41.4 Å². The molecule has 0 aromatic heterocycles. The van der Waals surface area contributed by atoms with Crippen LogP contribution in [0.15, 0.2) is 18.2 Å². The number of benzene rings is 1. The van der Waals surface area contributed by atoms with Crippen molar-refractivity contribution in [1.29, 1.82) is 0 Å². The minimum Gasteiger partial charge on any atom is -0.468 e. The Bertz CT molecular complexity index is 608. The van der Waals surface area contributed by atoms with Crippen LogP contribution in [-0.4, -0.2) is 31.9 Å². The predicted octanol–water partition coefficient (Wildman–Crippen LogP) is 2.38. The molecule has 0 saturated carbocycles. The molecule has 126 valence electrons. The van der Waals surface area contributed by atoms with Gasteiger partial charge in [-0.15, -0.1) is 0 Å². The fraction of sp³-hybridized carbons (Fsp3) is 0.357. The van der Waals surface area contributed by atoms with Crippen molar-refractivity contribution in [2.24, 2.45) is 5.92 Å². The maximum Gasteiger partial charge on any atom is 0.419 e. The van der Waals surface area contributed by atoms with E-state index in [0.717, 1.165) is 20.3 Å². The molecule has 23 heavy (non-hydrogen) atoms. The van der Waals surface area contributed by atoms with Crippen molar-refractivity contribution in [3.05, 3.63) is 35.1 Å². The highest BCUT2D eigenvalue weighted by Crippen LogP contribution is 2.32. The summed E-state index contributed by atoms with van der Waals surface area (Å²) in [6, 6.07) is 1.64. The van der Waals surface area contributed by atoms with Crippen molar-refractivity contribution in [3.63, 3.8) is 0 Å². The first-order chi connectivity index (χ1) is 10.6. The van der Waals surface area contributed by atoms with Gasteiger partial charge in [-0.1, -0.05) is 0 Å². The second kappa shape index (κ2) is 7.21. The molecule has 0 aliphatic carbocycles. The first-order valence-electron chi connectivity index (χ1n) is 6.17. The van der Waals surface area contributed by atoms with Gasteiger partial charge < -0.3 is 9.47 Å². The van der Waals surface area contributed by atoms with E-state index >= 15 is 0 Å². The van der Waals surface area contributed by atoms with Crippen molar-refractivity contribution >= 4 is 17.7 Å². The number of hydrogen-bond acceptors (Lipinski definition) is 5. The van der Waals surface area contributed by atoms with Crippen molar-refractivity contribution in [2.45, 2.75) is 12.6 Å². The summed E-state index contributed by atoms with van der Waals surface area (Å²) in [6.07, 6.45) is -5.74. The van der Waals surface area contributed by atoms with Crippen LogP contribution in [0.5, 0.6) is 0 Å². The SMILES string of the molecule is COC(=O)C(CC(=O)c1ccc(F)c(C(F)(F)F)c1)C(=O)OC. The zero-order valence-corrected chi connectivity index (χ0v) is 12.1. The molecule has 0 unspecified atom stereocenters. The van der Waals surface area contributed by atoms with E-state index in [1.165, 1.54) is 0 Å². The number of carbonyl (C=O) groups is 3. The molecule has 0 N–H and O–H groups in total. The number of halogens is 4. The Kier molecular flexibility index (Phi) is 5.83. The van der Waals surface area contributed by atoms with Crippen molar-refractivity contribution in [2.75, 3.05) is 14.2 Å². The minimum absolute atomic E-state index is 0.323. The summed E-state index contributed by atoms with van der Waals surface area (Å²) in [7, 11) is 1.95. The van der Waals surface area contributed by atoms with Crippen LogP contribution in [0.2, 0.25) is 0 Å². The summed E-state index contributed by atoms with van der Waals surface area (Å²) in [5.41, 5.74) is -2.10. The molecule has 9 heteroatoms. The van der Waals surface area contributed by atoms with Crippen LogP contribution in [0.4, 0.5) is 17.6 Å². The molecular formula is C14H12F4O5. The Labute approximate surface area is 128 Å². The zero-order chi connectivity index (χ0) is 17.8. The quantitative estimate of drug-likeness (QED) is 0.357. The molecule has 0 heterocycles. The number of rotatable bonds is 5. The molecule has 0 aliphatic heterocycles. The normalized spacial score (nSPS) is 11.3. The average Bonchev–Trinajstić information content (AvgIpc) is 2.50. The van der Waals surface area contributed by atoms with E-state index in [0.29, 0.717) is 12.1 Å². The van der Waals surface area contributed by atoms with Gasteiger partial charge in [0.05, 0.1) is 19.8 Å². The maximum absolute atomic E-state index is 13.2. The van der Waals surface area contributed by atoms with Crippen LogP contribution in [0.25, 0.3) is 0 Å². The molecule has 0 aliphatic rings. The highest BCUT2D eigenvalue weighted by molar-refractivity contribution is 6.04. The molecule has 1 aromatic carbocycles. The number of alkyl halides is 3. The molecule has 0 saturated heterocycles. The maximum atomic E-state index is 13.2. The van der Waals surface area contributed by atoms with E-state index in [1.807, 2.05) is 0 Å². The highest BCUT2D eigenvalue weighted by atomic mass is 19.4. The van der Waals surface area contributed by atoms with Gasteiger partial charge in [0.15, 0.2) is 11.7 Å². The minimum atomic E-state index is -4.98. The number of hydrogen-bond donors (Lipinski definition) is 0. The number of ether oxygens (including phenoxy) is 2. The van der Waals surface area contributed by atoms with Crippen LogP contribution in [0.1, 0.15) is 22.3 Å². The third-order valence-corrected chi connectivity index (χ3v) is 2.95. The van der Waals surface area contributed by atoms with Gasteiger partial charge in [0, 0.05) is 12.0 Å². The van der Waals surface area contributed by atoms with Crippen LogP contribution in [-0.2, 0) is 25.2 Å². The second-order valence-electron chi connectivity index (χ2n) is 4.42. The van der Waals surface area contributed by atoms with E-state index in [1.54, 1.807) is 0 Å². The van der Waals surface area contributed by atoms with Gasteiger partial charge in [-0.25, -0.2) is 4.39 Å². The number of ketones is 1. The van der Waals surface area contributed by atoms with Crippen LogP contribution in [0, 0.1) is 11.7 Å². The van der Waals surface area contributed by atoms with Gasteiger partial charge in [0.1, 0.15) is 5.82 Å². The lowest BCUT2D eigenvalue weighted by molar-refractivity contribution is -0.158. The predicted molar refractivity (Wildman–Crippen MR) is 67.9 cm³/mol. The summed E-state index contributed by atoms with van der Waals surface area (Å²) in [6.45, 7) is 0. The summed E-state index contributed by atoms with van der Waals surface area (Å²) < 4.78 is 59.7. The van der Waals surface area contributed by atoms with Gasteiger partial charge in [0.2, 0.25) is 0 Å². The number of esters is 2. The van der Waals surface area contributed by atoms with E-state index in [9.17, 15) is 31.9 Å². The largest absolute Gasteiger partial charge is 0.468 e. The van der Waals surface area contributed by atoms with E-state index in [2.05, 4.69) is 9.47 Å². The highest BCUT2D eigenvalue weighted by Gasteiger charge is 2.36. The number of methoxy groups -OCH3 is 2. The molecule has 1 aromatic rings. The molecular weight excluding hydrogens is 324 g/mol. The Morgan fingerprint density at radius 1 is 1.09 bits per heavy atom. The molecule has 1 rings (SSSR count). The van der Waals surface area contributed by atoms with Gasteiger partial charge in [0.25, 0.3) is 0 Å². The van der Waals surface area contributed by atoms with Gasteiger partial charge >= 0.3 is 18.1 Å². The Balaban J connectivity index is 3.10. The zero-order valence-electron chi connectivity index (χ0n) is 12.1. The number of carbonyl (C=O) groups excluding carboxylic acids is 3. The molecule has 0 atom stereocenters. The van der Waals surface area contributed by atoms with Crippen LogP contribution in [0.3, 0.4) is 0 Å². The molecule has 0 amide bonds. The summed E-state index contributed by atoms with van der Waals surface area (Å²) in [5, 5.41) is 0. The standard InChI is InChI=1S/C14H12F4O5/c1-22-12(20)8(13(21)23-2)6-11(19)7-3-4-10(15)9(5-7)14(16,17)18/h3-5,8H,6H2,1-2H3.